The number of anilines is 1. The zero-order chi connectivity index (χ0) is 12.5. The first kappa shape index (κ1) is 11.6. The number of aromatic nitrogens is 2. The lowest BCUT2D eigenvalue weighted by Gasteiger charge is -2.08. The maximum Gasteiger partial charge on any atom is 0.135 e. The Kier molecular flexibility index (Phi) is 2.99. The van der Waals surface area contributed by atoms with Gasteiger partial charge in [-0.2, -0.15) is 0 Å². The minimum atomic E-state index is 0.524. The molecule has 2 aromatic rings. The van der Waals surface area contributed by atoms with Crippen molar-refractivity contribution in [1.82, 2.24) is 9.97 Å². The second-order valence-electron chi connectivity index (χ2n) is 4.54. The van der Waals surface area contributed by atoms with Crippen molar-refractivity contribution in [2.45, 2.75) is 36.5 Å². The molecule has 18 heavy (non-hydrogen) atoms. The van der Waals surface area contributed by atoms with Crippen LogP contribution in [0.5, 0.6) is 0 Å². The van der Waals surface area contributed by atoms with Gasteiger partial charge in [-0.05, 0) is 31.9 Å². The smallest absolute Gasteiger partial charge is 0.135 e. The van der Waals surface area contributed by atoms with Crippen LogP contribution in [-0.4, -0.2) is 9.97 Å². The van der Waals surface area contributed by atoms with E-state index < -0.39 is 0 Å². The number of rotatable bonds is 4. The molecule has 3 rings (SSSR count). The molecule has 0 amide bonds. The number of nitrogens with zero attached hydrogens (tertiary/aromatic N) is 2. The molecular formula is C13H15N3OS. The van der Waals surface area contributed by atoms with Crippen LogP contribution in [0.3, 0.4) is 0 Å². The Labute approximate surface area is 110 Å². The van der Waals surface area contributed by atoms with Gasteiger partial charge in [0.1, 0.15) is 22.4 Å². The minimum absolute atomic E-state index is 0.524. The molecule has 1 aliphatic carbocycles. The number of nitrogen functional groups attached to an aromatic ring is 1. The molecule has 0 spiro atoms. The normalized spacial score (nSPS) is 14.9. The number of thioether (sulfide) groups is 1. The summed E-state index contributed by atoms with van der Waals surface area (Å²) in [4.78, 5) is 9.00. The predicted molar refractivity (Wildman–Crippen MR) is 71.4 cm³/mol. The van der Waals surface area contributed by atoms with E-state index in [1.807, 2.05) is 19.1 Å². The van der Waals surface area contributed by atoms with Crippen LogP contribution < -0.4 is 5.73 Å². The Balaban J connectivity index is 1.81. The van der Waals surface area contributed by atoms with Crippen molar-refractivity contribution in [3.63, 3.8) is 0 Å². The monoisotopic (exact) mass is 261 g/mol. The zero-order valence-corrected chi connectivity index (χ0v) is 11.0. The van der Waals surface area contributed by atoms with E-state index in [1.165, 1.54) is 12.8 Å². The lowest BCUT2D eigenvalue weighted by Crippen LogP contribution is -2.03. The van der Waals surface area contributed by atoms with E-state index in [1.54, 1.807) is 18.0 Å². The highest BCUT2D eigenvalue weighted by Gasteiger charge is 2.27. The summed E-state index contributed by atoms with van der Waals surface area (Å²) in [6.07, 6.45) is 4.06. The van der Waals surface area contributed by atoms with Gasteiger partial charge in [0.15, 0.2) is 0 Å². The van der Waals surface area contributed by atoms with Gasteiger partial charge in [-0.3, -0.25) is 0 Å². The van der Waals surface area contributed by atoms with Crippen molar-refractivity contribution in [3.05, 3.63) is 35.5 Å². The number of hydrogen-bond donors (Lipinski definition) is 1. The van der Waals surface area contributed by atoms with Crippen molar-refractivity contribution in [2.75, 3.05) is 5.73 Å². The number of hydrogen-bond acceptors (Lipinski definition) is 5. The highest BCUT2D eigenvalue weighted by atomic mass is 32.2. The molecular weight excluding hydrogens is 246 g/mol. The summed E-state index contributed by atoms with van der Waals surface area (Å²) in [7, 11) is 0. The number of furan rings is 1. The van der Waals surface area contributed by atoms with Crippen LogP contribution >= 0.6 is 11.8 Å². The van der Waals surface area contributed by atoms with Crippen LogP contribution in [0.4, 0.5) is 5.82 Å². The lowest BCUT2D eigenvalue weighted by molar-refractivity contribution is 0.530. The average Bonchev–Trinajstić information content (AvgIpc) is 3.08. The molecule has 0 unspecified atom stereocenters. The first-order valence-corrected chi connectivity index (χ1v) is 7.02. The molecule has 0 atom stereocenters. The largest absolute Gasteiger partial charge is 0.468 e. The minimum Gasteiger partial charge on any atom is -0.468 e. The molecule has 0 radical (unpaired) electrons. The van der Waals surface area contributed by atoms with E-state index in [4.69, 9.17) is 10.2 Å². The summed E-state index contributed by atoms with van der Waals surface area (Å²) in [5.41, 5.74) is 6.92. The maximum absolute atomic E-state index is 5.95. The first-order chi connectivity index (χ1) is 8.74. The maximum atomic E-state index is 5.95. The van der Waals surface area contributed by atoms with Crippen LogP contribution in [0.1, 0.15) is 35.9 Å². The van der Waals surface area contributed by atoms with E-state index >= 15 is 0 Å². The van der Waals surface area contributed by atoms with Gasteiger partial charge < -0.3 is 10.2 Å². The molecule has 0 aliphatic heterocycles. The van der Waals surface area contributed by atoms with Crippen LogP contribution in [0.25, 0.3) is 0 Å². The molecule has 1 aliphatic rings. The van der Waals surface area contributed by atoms with E-state index in [-0.39, 0.29) is 0 Å². The lowest BCUT2D eigenvalue weighted by atomic mass is 10.3. The Hall–Kier alpha value is -1.49. The molecule has 2 aromatic heterocycles. The van der Waals surface area contributed by atoms with Gasteiger partial charge in [0.25, 0.3) is 0 Å². The topological polar surface area (TPSA) is 64.9 Å². The first-order valence-electron chi connectivity index (χ1n) is 6.03. The van der Waals surface area contributed by atoms with Gasteiger partial charge in [0.05, 0.1) is 12.0 Å². The summed E-state index contributed by atoms with van der Waals surface area (Å²) in [5.74, 6) is 3.75. The van der Waals surface area contributed by atoms with Gasteiger partial charge in [0.2, 0.25) is 0 Å². The molecule has 1 saturated carbocycles. The highest BCUT2D eigenvalue weighted by molar-refractivity contribution is 7.98. The summed E-state index contributed by atoms with van der Waals surface area (Å²) >= 11 is 1.65. The fourth-order valence-electron chi connectivity index (χ4n) is 1.73. The van der Waals surface area contributed by atoms with E-state index in [0.29, 0.717) is 11.7 Å². The Morgan fingerprint density at radius 1 is 1.44 bits per heavy atom. The summed E-state index contributed by atoms with van der Waals surface area (Å²) < 4.78 is 5.32. The van der Waals surface area contributed by atoms with Gasteiger partial charge in [-0.15, -0.1) is 0 Å². The molecule has 0 bridgehead atoms. The fourth-order valence-corrected chi connectivity index (χ4v) is 2.65. The Morgan fingerprint density at radius 2 is 2.28 bits per heavy atom. The van der Waals surface area contributed by atoms with Crippen LogP contribution in [-0.2, 0) is 5.75 Å². The van der Waals surface area contributed by atoms with Gasteiger partial charge in [-0.25, -0.2) is 9.97 Å². The molecule has 2 heterocycles. The van der Waals surface area contributed by atoms with Crippen molar-refractivity contribution in [2.24, 2.45) is 0 Å². The van der Waals surface area contributed by atoms with Gasteiger partial charge in [-0.1, -0.05) is 11.8 Å². The zero-order valence-electron chi connectivity index (χ0n) is 10.2. The van der Waals surface area contributed by atoms with Crippen molar-refractivity contribution < 1.29 is 4.42 Å². The van der Waals surface area contributed by atoms with Gasteiger partial charge in [0, 0.05) is 11.5 Å². The van der Waals surface area contributed by atoms with Gasteiger partial charge >= 0.3 is 0 Å². The van der Waals surface area contributed by atoms with Crippen LogP contribution in [0, 0.1) is 6.92 Å². The third-order valence-electron chi connectivity index (χ3n) is 3.03. The second-order valence-corrected chi connectivity index (χ2v) is 5.50. The molecule has 1 fully saturated rings. The average molecular weight is 261 g/mol. The Morgan fingerprint density at radius 3 is 2.94 bits per heavy atom. The summed E-state index contributed by atoms with van der Waals surface area (Å²) in [6, 6.07) is 3.86. The third-order valence-corrected chi connectivity index (χ3v) is 4.13. The summed E-state index contributed by atoms with van der Waals surface area (Å²) in [5, 5.41) is 0.973. The highest BCUT2D eigenvalue weighted by Crippen LogP contribution is 2.39. The van der Waals surface area contributed by atoms with Crippen molar-refractivity contribution in [3.8, 4) is 0 Å². The van der Waals surface area contributed by atoms with E-state index in [0.717, 1.165) is 27.9 Å². The van der Waals surface area contributed by atoms with E-state index in [9.17, 15) is 0 Å². The molecule has 0 saturated heterocycles. The third kappa shape index (κ3) is 2.36. The van der Waals surface area contributed by atoms with Crippen LogP contribution in [0.2, 0.25) is 0 Å². The molecule has 0 aromatic carbocycles. The van der Waals surface area contributed by atoms with Crippen molar-refractivity contribution >= 4 is 17.6 Å². The van der Waals surface area contributed by atoms with Crippen molar-refractivity contribution in [1.29, 1.82) is 0 Å². The predicted octanol–water partition coefficient (Wildman–Crippen LogP) is 3.13. The van der Waals surface area contributed by atoms with Crippen LogP contribution in [0.15, 0.2) is 27.8 Å². The fraction of sp³-hybridized carbons (Fsp3) is 0.385. The molecule has 94 valence electrons. The molecule has 4 nitrogen and oxygen atoms in total. The standard InChI is InChI=1S/C13H15N3OS/c1-8-11(14)15-12(9-4-5-9)16-13(8)18-7-10-3-2-6-17-10/h2-3,6,9H,4-5,7H2,1H3,(H2,14,15,16). The second kappa shape index (κ2) is 4.65. The molecule has 5 heteroatoms. The molecule has 2 N–H and O–H groups in total. The quantitative estimate of drug-likeness (QED) is 0.676. The van der Waals surface area contributed by atoms with E-state index in [2.05, 4.69) is 9.97 Å². The summed E-state index contributed by atoms with van der Waals surface area (Å²) in [6.45, 7) is 1.97. The SMILES string of the molecule is Cc1c(N)nc(C2CC2)nc1SCc1ccco1. The Bertz CT molecular complexity index is 550. The number of nitrogens with two attached hydrogens (primary N) is 1.